The Labute approximate surface area is 151 Å². The zero-order valence-electron chi connectivity index (χ0n) is 14.3. The first-order chi connectivity index (χ1) is 12.1. The molecule has 0 saturated carbocycles. The number of carbonyl (C=O) groups is 2. The van der Waals surface area contributed by atoms with E-state index in [9.17, 15) is 9.59 Å². The zero-order chi connectivity index (χ0) is 18.1. The van der Waals surface area contributed by atoms with Gasteiger partial charge in [0.1, 0.15) is 0 Å². The summed E-state index contributed by atoms with van der Waals surface area (Å²) in [6.07, 6.45) is 0.612. The van der Waals surface area contributed by atoms with Crippen molar-refractivity contribution in [1.29, 1.82) is 0 Å². The topological polar surface area (TPSA) is 76.7 Å². The number of carbonyl (C=O) groups excluding carboxylic acids is 2. The average molecular weight is 362 g/mol. The number of ether oxygens (including phenoxy) is 2. The van der Waals surface area contributed by atoms with Crippen LogP contribution in [0.1, 0.15) is 10.4 Å². The van der Waals surface area contributed by atoms with Crippen LogP contribution in [0.3, 0.4) is 0 Å². The Balaban J connectivity index is 1.69. The highest BCUT2D eigenvalue weighted by molar-refractivity contribution is 7.10. The van der Waals surface area contributed by atoms with Gasteiger partial charge in [-0.3, -0.25) is 9.59 Å². The summed E-state index contributed by atoms with van der Waals surface area (Å²) in [5.74, 6) is 1.06. The minimum atomic E-state index is -0.111. The second kappa shape index (κ2) is 9.68. The lowest BCUT2D eigenvalue weighted by Crippen LogP contribution is -2.35. The summed E-state index contributed by atoms with van der Waals surface area (Å²) < 4.78 is 10.4. The van der Waals surface area contributed by atoms with E-state index >= 15 is 0 Å². The minimum absolute atomic E-state index is 0.0448. The van der Waals surface area contributed by atoms with E-state index in [2.05, 4.69) is 10.6 Å². The molecule has 6 nitrogen and oxygen atoms in total. The normalized spacial score (nSPS) is 10.2. The molecule has 0 aliphatic carbocycles. The number of benzene rings is 1. The Morgan fingerprint density at radius 2 is 1.64 bits per heavy atom. The lowest BCUT2D eigenvalue weighted by atomic mass is 10.1. The largest absolute Gasteiger partial charge is 0.493 e. The summed E-state index contributed by atoms with van der Waals surface area (Å²) in [6.45, 7) is 0.796. The number of hydrogen-bond acceptors (Lipinski definition) is 5. The Morgan fingerprint density at radius 1 is 0.960 bits per heavy atom. The molecule has 0 unspecified atom stereocenters. The fourth-order valence-electron chi connectivity index (χ4n) is 2.28. The molecular weight excluding hydrogens is 340 g/mol. The molecule has 0 saturated heterocycles. The number of hydrogen-bond donors (Lipinski definition) is 2. The second-order valence-electron chi connectivity index (χ2n) is 5.32. The van der Waals surface area contributed by atoms with E-state index in [1.165, 1.54) is 0 Å². The summed E-state index contributed by atoms with van der Waals surface area (Å²) >= 11 is 1.55. The number of rotatable bonds is 9. The van der Waals surface area contributed by atoms with Crippen LogP contribution in [0.5, 0.6) is 11.5 Å². The number of thiophene rings is 1. The van der Waals surface area contributed by atoms with Crippen molar-refractivity contribution in [2.24, 2.45) is 0 Å². The molecule has 0 atom stereocenters. The first-order valence-electron chi connectivity index (χ1n) is 7.89. The van der Waals surface area contributed by atoms with E-state index in [-0.39, 0.29) is 18.2 Å². The first kappa shape index (κ1) is 18.8. The summed E-state index contributed by atoms with van der Waals surface area (Å²) in [5, 5.41) is 7.52. The van der Waals surface area contributed by atoms with E-state index in [1.807, 2.05) is 23.6 Å². The highest BCUT2D eigenvalue weighted by Gasteiger charge is 2.08. The molecule has 0 aliphatic rings. The molecule has 2 rings (SSSR count). The van der Waals surface area contributed by atoms with Crippen molar-refractivity contribution in [3.8, 4) is 11.5 Å². The lowest BCUT2D eigenvalue weighted by Gasteiger charge is -2.10. The molecule has 0 fully saturated rings. The van der Waals surface area contributed by atoms with E-state index in [4.69, 9.17) is 9.47 Å². The van der Waals surface area contributed by atoms with Gasteiger partial charge in [-0.1, -0.05) is 12.1 Å². The van der Waals surface area contributed by atoms with Crippen LogP contribution >= 0.6 is 11.3 Å². The molecule has 134 valence electrons. The fourth-order valence-corrected chi connectivity index (χ4v) is 2.98. The minimum Gasteiger partial charge on any atom is -0.493 e. The lowest BCUT2D eigenvalue weighted by molar-refractivity contribution is -0.122. The van der Waals surface area contributed by atoms with E-state index in [1.54, 1.807) is 37.7 Å². The van der Waals surface area contributed by atoms with Crippen molar-refractivity contribution >= 4 is 23.2 Å². The van der Waals surface area contributed by atoms with Crippen molar-refractivity contribution in [3.05, 3.63) is 46.2 Å². The third kappa shape index (κ3) is 6.11. The molecule has 2 aromatic rings. The highest BCUT2D eigenvalue weighted by Crippen LogP contribution is 2.27. The fraction of sp³-hybridized carbons (Fsp3) is 0.333. The average Bonchev–Trinajstić information content (AvgIpc) is 3.11. The molecule has 1 heterocycles. The molecule has 0 radical (unpaired) electrons. The van der Waals surface area contributed by atoms with Crippen LogP contribution in [0.4, 0.5) is 0 Å². The van der Waals surface area contributed by atoms with E-state index in [0.717, 1.165) is 10.4 Å². The maximum Gasteiger partial charge on any atom is 0.225 e. The van der Waals surface area contributed by atoms with Gasteiger partial charge in [0.15, 0.2) is 11.5 Å². The van der Waals surface area contributed by atoms with Gasteiger partial charge in [-0.15, -0.1) is 11.3 Å². The van der Waals surface area contributed by atoms with Gasteiger partial charge >= 0.3 is 0 Å². The Hall–Kier alpha value is -2.54. The van der Waals surface area contributed by atoms with Crippen LogP contribution in [0.2, 0.25) is 0 Å². The number of methoxy groups -OCH3 is 2. The number of nitrogens with one attached hydrogen (secondary N) is 2. The van der Waals surface area contributed by atoms with Crippen LogP contribution in [0.15, 0.2) is 35.7 Å². The quantitative estimate of drug-likeness (QED) is 0.667. The van der Waals surface area contributed by atoms with Crippen molar-refractivity contribution in [2.75, 3.05) is 27.3 Å². The Morgan fingerprint density at radius 3 is 2.24 bits per heavy atom. The van der Waals surface area contributed by atoms with Gasteiger partial charge in [0.05, 0.1) is 27.1 Å². The molecule has 0 bridgehead atoms. The van der Waals surface area contributed by atoms with Gasteiger partial charge in [-0.25, -0.2) is 0 Å². The molecule has 2 amide bonds. The molecular formula is C18H22N2O4S. The maximum absolute atomic E-state index is 12.0. The van der Waals surface area contributed by atoms with E-state index in [0.29, 0.717) is 31.0 Å². The molecule has 1 aromatic carbocycles. The molecule has 25 heavy (non-hydrogen) atoms. The summed E-state index contributed by atoms with van der Waals surface area (Å²) in [6, 6.07) is 9.22. The molecule has 7 heteroatoms. The monoisotopic (exact) mass is 362 g/mol. The van der Waals surface area contributed by atoms with Crippen LogP contribution in [0, 0.1) is 0 Å². The van der Waals surface area contributed by atoms with Gasteiger partial charge in [0, 0.05) is 18.0 Å². The summed E-state index contributed by atoms with van der Waals surface area (Å²) in [5.41, 5.74) is 0.830. The second-order valence-corrected chi connectivity index (χ2v) is 6.35. The highest BCUT2D eigenvalue weighted by atomic mass is 32.1. The van der Waals surface area contributed by atoms with Crippen molar-refractivity contribution in [2.45, 2.75) is 12.8 Å². The van der Waals surface area contributed by atoms with Gasteiger partial charge in [-0.05, 0) is 29.1 Å². The molecule has 2 N–H and O–H groups in total. The van der Waals surface area contributed by atoms with Crippen molar-refractivity contribution < 1.29 is 19.1 Å². The Bertz CT molecular complexity index is 701. The van der Waals surface area contributed by atoms with Gasteiger partial charge < -0.3 is 20.1 Å². The van der Waals surface area contributed by atoms with Crippen molar-refractivity contribution in [1.82, 2.24) is 10.6 Å². The van der Waals surface area contributed by atoms with Gasteiger partial charge in [-0.2, -0.15) is 0 Å². The predicted molar refractivity (Wildman–Crippen MR) is 97.3 cm³/mol. The standard InChI is InChI=1S/C18H22N2O4S/c1-23-15-6-5-13(10-16(15)24-2)11-17(21)19-7-8-20-18(22)12-14-4-3-9-25-14/h3-6,9-10H,7-8,11-12H2,1-2H3,(H,19,21)(H,20,22). The smallest absolute Gasteiger partial charge is 0.225 e. The van der Waals surface area contributed by atoms with Crippen molar-refractivity contribution in [3.63, 3.8) is 0 Å². The third-order valence-corrected chi connectivity index (χ3v) is 4.37. The first-order valence-corrected chi connectivity index (χ1v) is 8.77. The summed E-state index contributed by atoms with van der Waals surface area (Å²) in [7, 11) is 3.12. The number of amides is 2. The van der Waals surface area contributed by atoms with E-state index < -0.39 is 0 Å². The maximum atomic E-state index is 12.0. The van der Waals surface area contributed by atoms with Crippen LogP contribution in [-0.2, 0) is 22.4 Å². The van der Waals surface area contributed by atoms with Gasteiger partial charge in [0.25, 0.3) is 0 Å². The van der Waals surface area contributed by atoms with Crippen LogP contribution in [-0.4, -0.2) is 39.1 Å². The van der Waals surface area contributed by atoms with Crippen LogP contribution < -0.4 is 20.1 Å². The zero-order valence-corrected chi connectivity index (χ0v) is 15.2. The van der Waals surface area contributed by atoms with Gasteiger partial charge in [0.2, 0.25) is 11.8 Å². The molecule has 0 aliphatic heterocycles. The SMILES string of the molecule is COc1ccc(CC(=O)NCCNC(=O)Cc2cccs2)cc1OC. The molecule has 1 aromatic heterocycles. The predicted octanol–water partition coefficient (Wildman–Crippen LogP) is 1.78. The third-order valence-electron chi connectivity index (χ3n) is 3.50. The Kier molecular flexibility index (Phi) is 7.28. The molecule has 0 spiro atoms. The van der Waals surface area contributed by atoms with Crippen LogP contribution in [0.25, 0.3) is 0 Å². The summed E-state index contributed by atoms with van der Waals surface area (Å²) in [4.78, 5) is 24.7.